The molecule has 1 heterocycles. The molecular weight excluding hydrogens is 423 g/mol. The second-order valence-electron chi connectivity index (χ2n) is 6.59. The first-order valence-corrected chi connectivity index (χ1v) is 11.0. The van der Waals surface area contributed by atoms with Crippen molar-refractivity contribution in [1.82, 2.24) is 0 Å². The molecule has 1 aromatic heterocycles. The molecule has 1 aliphatic carbocycles. The van der Waals surface area contributed by atoms with Gasteiger partial charge in [-0.2, -0.15) is 4.57 Å². The molecule has 1 nitrogen and oxygen atoms in total. The van der Waals surface area contributed by atoms with E-state index in [1.165, 1.54) is 35.3 Å². The Bertz CT molecular complexity index is 1010. The zero-order chi connectivity index (χ0) is 20.6. The van der Waals surface area contributed by atoms with Gasteiger partial charge in [-0.05, 0) is 25.3 Å². The number of rotatable bonds is 1. The molecule has 0 unspecified atom stereocenters. The van der Waals surface area contributed by atoms with Gasteiger partial charge in [0.1, 0.15) is 0 Å². The first kappa shape index (κ1) is 20.9. The van der Waals surface area contributed by atoms with Gasteiger partial charge in [-0.3, -0.25) is 0 Å². The van der Waals surface area contributed by atoms with Crippen LogP contribution in [-0.4, -0.2) is 0 Å². The van der Waals surface area contributed by atoms with Crippen LogP contribution in [0.3, 0.4) is 0 Å². The summed E-state index contributed by atoms with van der Waals surface area (Å²) in [5.74, 6) is 0. The van der Waals surface area contributed by atoms with Gasteiger partial charge in [0, 0.05) is 30.2 Å². The normalized spacial score (nSPS) is 16.4. The number of benzene rings is 2. The Morgan fingerprint density at radius 2 is 1.29 bits per heavy atom. The Morgan fingerprint density at radius 1 is 0.750 bits per heavy atom. The Kier molecular flexibility index (Phi) is 4.92. The molecule has 0 N–H and O–H groups in total. The number of pyridine rings is 1. The van der Waals surface area contributed by atoms with Crippen molar-refractivity contribution in [1.29, 1.82) is 0 Å². The summed E-state index contributed by atoms with van der Waals surface area (Å²) in [6, 6.07) is 19.1. The summed E-state index contributed by atoms with van der Waals surface area (Å²) >= 11 is 6.71. The average molecular weight is 440 g/mol. The number of fused-ring (bicyclic) bond motifs is 2. The molecule has 0 atom stereocenters. The zero-order valence-corrected chi connectivity index (χ0v) is 16.2. The Hall–Kier alpha value is -1.85. The molecule has 0 aliphatic heterocycles. The van der Waals surface area contributed by atoms with Gasteiger partial charge in [-0.1, -0.05) is 41.9 Å². The van der Waals surface area contributed by atoms with Gasteiger partial charge in [-0.25, -0.2) is 0 Å². The van der Waals surface area contributed by atoms with E-state index in [0.717, 1.165) is 23.3 Å². The Balaban J connectivity index is 0.000000279. The van der Waals surface area contributed by atoms with Gasteiger partial charge in [-0.15, -0.1) is 0 Å². The molecule has 152 valence electrons. The summed E-state index contributed by atoms with van der Waals surface area (Å²) in [6.07, 6.45) is 4.68. The summed E-state index contributed by atoms with van der Waals surface area (Å²) in [5.41, 5.74) is 5.15. The molecule has 2 aromatic carbocycles. The van der Waals surface area contributed by atoms with Crippen molar-refractivity contribution in [3.63, 3.8) is 0 Å². The summed E-state index contributed by atoms with van der Waals surface area (Å²) in [4.78, 5) is 0. The maximum atomic E-state index is 9.87. The number of para-hydroxylation sites is 2. The van der Waals surface area contributed by atoms with Crippen LogP contribution in [0.15, 0.2) is 54.6 Å². The van der Waals surface area contributed by atoms with Crippen LogP contribution in [-0.2, 0) is 12.8 Å². The quantitative estimate of drug-likeness (QED) is 0.205. The molecule has 0 saturated heterocycles. The first-order valence-electron chi connectivity index (χ1n) is 8.57. The summed E-state index contributed by atoms with van der Waals surface area (Å²) in [7, 11) is -10.7. The summed E-state index contributed by atoms with van der Waals surface area (Å²) < 4.78 is 61.6. The maximum absolute atomic E-state index is 10.7. The van der Waals surface area contributed by atoms with Crippen molar-refractivity contribution in [2.75, 3.05) is 0 Å². The fourth-order valence-electron chi connectivity index (χ4n) is 3.41. The minimum absolute atomic E-state index is 0.951. The van der Waals surface area contributed by atoms with Crippen LogP contribution in [0.25, 0.3) is 16.6 Å². The fourth-order valence-corrected chi connectivity index (χ4v) is 3.77. The summed E-state index contributed by atoms with van der Waals surface area (Å²) in [5, 5.41) is 2.11. The van der Waals surface area contributed by atoms with Crippen molar-refractivity contribution >= 4 is 30.3 Å². The van der Waals surface area contributed by atoms with E-state index in [2.05, 4.69) is 59.2 Å². The molecule has 3 aromatic rings. The van der Waals surface area contributed by atoms with E-state index in [4.69, 9.17) is 11.6 Å². The third kappa shape index (κ3) is 5.58. The van der Waals surface area contributed by atoms with Crippen LogP contribution >= 0.6 is 19.4 Å². The number of halogens is 7. The van der Waals surface area contributed by atoms with E-state index in [1.807, 2.05) is 0 Å². The number of aromatic nitrogens is 1. The molecule has 0 fully saturated rings. The number of hydrogen-bond acceptors (Lipinski definition) is 0. The molecule has 0 radical (unpaired) electrons. The van der Waals surface area contributed by atoms with Crippen LogP contribution < -0.4 is 4.57 Å². The van der Waals surface area contributed by atoms with Gasteiger partial charge in [0.15, 0.2) is 5.69 Å². The van der Waals surface area contributed by atoms with Crippen LogP contribution in [0.2, 0.25) is 5.02 Å². The van der Waals surface area contributed by atoms with Gasteiger partial charge in [0.05, 0.1) is 10.4 Å². The predicted molar refractivity (Wildman–Crippen MR) is 101 cm³/mol. The van der Waals surface area contributed by atoms with Crippen molar-refractivity contribution < 1.29 is 29.7 Å². The Morgan fingerprint density at radius 3 is 1.93 bits per heavy atom. The van der Waals surface area contributed by atoms with Crippen molar-refractivity contribution in [2.24, 2.45) is 0 Å². The van der Waals surface area contributed by atoms with Crippen LogP contribution in [0.4, 0.5) is 25.2 Å². The zero-order valence-electron chi connectivity index (χ0n) is 14.6. The Labute approximate surface area is 162 Å². The van der Waals surface area contributed by atoms with E-state index in [-0.39, 0.29) is 0 Å². The van der Waals surface area contributed by atoms with Crippen LogP contribution in [0, 0.1) is 0 Å². The van der Waals surface area contributed by atoms with E-state index in [9.17, 15) is 25.2 Å². The second-order valence-corrected chi connectivity index (χ2v) is 8.89. The minimum atomic E-state index is -10.7. The third-order valence-corrected chi connectivity index (χ3v) is 4.80. The molecule has 9 heteroatoms. The number of nitrogens with zero attached hydrogens (tertiary/aromatic N) is 1. The predicted octanol–water partition coefficient (Wildman–Crippen LogP) is 8.03. The molecule has 0 saturated carbocycles. The van der Waals surface area contributed by atoms with Crippen molar-refractivity contribution in [3.05, 3.63) is 70.9 Å². The van der Waals surface area contributed by atoms with E-state index >= 15 is 0 Å². The number of hydrogen-bond donors (Lipinski definition) is 0. The third-order valence-electron chi connectivity index (χ3n) is 4.37. The topological polar surface area (TPSA) is 3.88 Å². The van der Waals surface area contributed by atoms with Gasteiger partial charge >= 0.3 is 33.0 Å². The fraction of sp³-hybridized carbons (Fsp3) is 0.211. The summed E-state index contributed by atoms with van der Waals surface area (Å²) in [6.45, 7) is 0. The van der Waals surface area contributed by atoms with E-state index in [0.29, 0.717) is 0 Å². The van der Waals surface area contributed by atoms with Gasteiger partial charge < -0.3 is 0 Å². The molecule has 4 rings (SSSR count). The van der Waals surface area contributed by atoms with Crippen molar-refractivity contribution in [2.45, 2.75) is 25.7 Å². The molecule has 1 aliphatic rings. The standard InChI is InChI=1S/C19H17ClN.F6P/c20-19-15-10-4-6-12-17(15)21(14-8-2-1-3-9-14)18-13-7-5-11-16(18)19;1-7(2,3,4,5)6/h1-4,6,8-10,12H,5,7,11,13H2;/q+1;-1. The first-order chi connectivity index (χ1) is 12.8. The molecule has 0 bridgehead atoms. The molecular formula is C19H17ClF6NP. The van der Waals surface area contributed by atoms with Crippen LogP contribution in [0.1, 0.15) is 24.1 Å². The average Bonchev–Trinajstić information content (AvgIpc) is 2.60. The van der Waals surface area contributed by atoms with E-state index < -0.39 is 7.81 Å². The molecule has 28 heavy (non-hydrogen) atoms. The van der Waals surface area contributed by atoms with E-state index in [1.54, 1.807) is 0 Å². The molecule has 0 spiro atoms. The van der Waals surface area contributed by atoms with Gasteiger partial charge in [0.2, 0.25) is 11.2 Å². The van der Waals surface area contributed by atoms with Crippen LogP contribution in [0.5, 0.6) is 0 Å². The molecule has 0 amide bonds. The second kappa shape index (κ2) is 6.60. The SMILES string of the molecule is Clc1c2c([n+](-c3ccccc3)c3ccccc13)CCCC2.F[P-](F)(F)(F)(F)F. The monoisotopic (exact) mass is 439 g/mol. The van der Waals surface area contributed by atoms with Gasteiger partial charge in [0.25, 0.3) is 0 Å². The van der Waals surface area contributed by atoms with Crippen molar-refractivity contribution in [3.8, 4) is 5.69 Å².